The van der Waals surface area contributed by atoms with Crippen molar-refractivity contribution >= 4 is 11.7 Å². The van der Waals surface area contributed by atoms with Crippen molar-refractivity contribution < 1.29 is 18.3 Å². The summed E-state index contributed by atoms with van der Waals surface area (Å²) >= 11 is 0. The third kappa shape index (κ3) is 3.30. The molecule has 2 rings (SSSR count). The van der Waals surface area contributed by atoms with Gasteiger partial charge in [-0.15, -0.1) is 0 Å². The average Bonchev–Trinajstić information content (AvgIpc) is 2.48. The van der Waals surface area contributed by atoms with Crippen LogP contribution in [-0.4, -0.2) is 11.0 Å². The van der Waals surface area contributed by atoms with Crippen LogP contribution in [0.4, 0.5) is 14.5 Å². The lowest BCUT2D eigenvalue weighted by molar-refractivity contribution is 0.0466. The van der Waals surface area contributed by atoms with E-state index in [1.54, 1.807) is 0 Å². The molecule has 0 aliphatic carbocycles. The molecule has 0 saturated heterocycles. The number of carbonyl (C=O) groups is 1. The largest absolute Gasteiger partial charge is 0.457 e. The van der Waals surface area contributed by atoms with Gasteiger partial charge >= 0.3 is 5.97 Å². The highest BCUT2D eigenvalue weighted by atomic mass is 19.1. The van der Waals surface area contributed by atoms with Crippen LogP contribution < -0.4 is 5.73 Å². The van der Waals surface area contributed by atoms with E-state index in [-0.39, 0.29) is 12.3 Å². The lowest BCUT2D eigenvalue weighted by Gasteiger charge is -2.07. The molecule has 0 aliphatic rings. The van der Waals surface area contributed by atoms with E-state index in [1.807, 2.05) is 6.07 Å². The second kappa shape index (κ2) is 5.96. The fourth-order valence-corrected chi connectivity index (χ4v) is 1.57. The summed E-state index contributed by atoms with van der Waals surface area (Å²) in [4.78, 5) is 15.5. The minimum absolute atomic E-state index is 0.160. The number of carbonyl (C=O) groups excluding carboxylic acids is 1. The van der Waals surface area contributed by atoms with E-state index in [0.29, 0.717) is 17.7 Å². The summed E-state index contributed by atoms with van der Waals surface area (Å²) < 4.78 is 31.6. The van der Waals surface area contributed by atoms with Gasteiger partial charge in [0.05, 0.1) is 11.3 Å². The zero-order valence-electron chi connectivity index (χ0n) is 10.6. The summed E-state index contributed by atoms with van der Waals surface area (Å²) in [5.74, 6) is -2.90. The van der Waals surface area contributed by atoms with Gasteiger partial charge in [0.15, 0.2) is 0 Å². The number of ether oxygens (including phenoxy) is 1. The quantitative estimate of drug-likeness (QED) is 0.691. The topological polar surface area (TPSA) is 89.0 Å². The van der Waals surface area contributed by atoms with Gasteiger partial charge in [-0.05, 0) is 23.8 Å². The number of nitrogens with two attached hydrogens (primary N) is 1. The number of aromatic nitrogens is 1. The predicted molar refractivity (Wildman–Crippen MR) is 68.8 cm³/mol. The molecular weight excluding hydrogens is 280 g/mol. The van der Waals surface area contributed by atoms with Crippen molar-refractivity contribution in [2.45, 2.75) is 6.61 Å². The highest BCUT2D eigenvalue weighted by Gasteiger charge is 2.16. The number of hydrogen-bond donors (Lipinski definition) is 1. The van der Waals surface area contributed by atoms with Crippen LogP contribution >= 0.6 is 0 Å². The maximum Gasteiger partial charge on any atom is 0.341 e. The Morgan fingerprint density at radius 3 is 2.81 bits per heavy atom. The molecule has 1 heterocycles. The van der Waals surface area contributed by atoms with Crippen molar-refractivity contribution in [3.63, 3.8) is 0 Å². The number of nitrogen functional groups attached to an aromatic ring is 1. The predicted octanol–water partition coefficient (Wildman–Crippen LogP) is 2.17. The third-order valence-electron chi connectivity index (χ3n) is 2.62. The highest BCUT2D eigenvalue weighted by molar-refractivity contribution is 5.90. The van der Waals surface area contributed by atoms with Crippen LogP contribution in [0.5, 0.6) is 0 Å². The van der Waals surface area contributed by atoms with E-state index in [2.05, 4.69) is 4.98 Å². The Bertz CT molecular complexity index is 741. The van der Waals surface area contributed by atoms with Crippen molar-refractivity contribution in [3.05, 3.63) is 58.9 Å². The Balaban J connectivity index is 2.12. The van der Waals surface area contributed by atoms with Gasteiger partial charge in [-0.3, -0.25) is 0 Å². The van der Waals surface area contributed by atoms with Crippen LogP contribution in [0.1, 0.15) is 21.6 Å². The normalized spacial score (nSPS) is 9.95. The number of nitrogens with zero attached hydrogens (tertiary/aromatic N) is 2. The van der Waals surface area contributed by atoms with Gasteiger partial charge in [-0.1, -0.05) is 0 Å². The first kappa shape index (κ1) is 14.4. The summed E-state index contributed by atoms with van der Waals surface area (Å²) in [5.41, 5.74) is 4.91. The van der Waals surface area contributed by atoms with Gasteiger partial charge in [0.2, 0.25) is 0 Å². The number of halogens is 2. The van der Waals surface area contributed by atoms with Crippen LogP contribution in [0.3, 0.4) is 0 Å². The van der Waals surface area contributed by atoms with E-state index < -0.39 is 28.9 Å². The number of esters is 1. The highest BCUT2D eigenvalue weighted by Crippen LogP contribution is 2.18. The Labute approximate surface area is 118 Å². The molecule has 0 unspecified atom stereocenters. The SMILES string of the molecule is N#Cc1cc(COC(=O)c2cc(F)c(N)cc2F)ccn1. The number of benzene rings is 1. The molecular formula is C14H9F2N3O2. The minimum Gasteiger partial charge on any atom is -0.457 e. The van der Waals surface area contributed by atoms with Crippen LogP contribution in [0.2, 0.25) is 0 Å². The van der Waals surface area contributed by atoms with Gasteiger partial charge in [0.25, 0.3) is 0 Å². The third-order valence-corrected chi connectivity index (χ3v) is 2.62. The van der Waals surface area contributed by atoms with Gasteiger partial charge in [0, 0.05) is 12.3 Å². The molecule has 0 aliphatic heterocycles. The molecule has 2 aromatic rings. The van der Waals surface area contributed by atoms with E-state index in [0.717, 1.165) is 0 Å². The fourth-order valence-electron chi connectivity index (χ4n) is 1.57. The first-order chi connectivity index (χ1) is 10.0. The molecule has 21 heavy (non-hydrogen) atoms. The van der Waals surface area contributed by atoms with Gasteiger partial charge in [-0.2, -0.15) is 5.26 Å². The molecule has 0 atom stereocenters. The van der Waals surface area contributed by atoms with Crippen LogP contribution in [0, 0.1) is 23.0 Å². The molecule has 1 aromatic heterocycles. The van der Waals surface area contributed by atoms with Crippen LogP contribution in [0.15, 0.2) is 30.5 Å². The number of rotatable bonds is 3. The van der Waals surface area contributed by atoms with Gasteiger partial charge < -0.3 is 10.5 Å². The summed E-state index contributed by atoms with van der Waals surface area (Å²) in [6, 6.07) is 6.19. The van der Waals surface area contributed by atoms with E-state index >= 15 is 0 Å². The van der Waals surface area contributed by atoms with Gasteiger partial charge in [0.1, 0.15) is 30.0 Å². The number of pyridine rings is 1. The zero-order valence-corrected chi connectivity index (χ0v) is 10.6. The smallest absolute Gasteiger partial charge is 0.341 e. The lowest BCUT2D eigenvalue weighted by atomic mass is 10.2. The molecule has 0 saturated carbocycles. The molecule has 0 amide bonds. The molecule has 1 aromatic carbocycles. The first-order valence-corrected chi connectivity index (χ1v) is 5.78. The van der Waals surface area contributed by atoms with E-state index in [4.69, 9.17) is 15.7 Å². The average molecular weight is 289 g/mol. The second-order valence-corrected chi connectivity index (χ2v) is 4.09. The molecule has 2 N–H and O–H groups in total. The molecule has 0 radical (unpaired) electrons. The minimum atomic E-state index is -1.03. The monoisotopic (exact) mass is 289 g/mol. The van der Waals surface area contributed by atoms with Crippen molar-refractivity contribution in [1.29, 1.82) is 5.26 Å². The van der Waals surface area contributed by atoms with Crippen molar-refractivity contribution in [2.24, 2.45) is 0 Å². The standard InChI is InChI=1S/C14H9F2N3O2/c15-11-5-13(18)12(16)4-10(11)14(20)21-7-8-1-2-19-9(3-8)6-17/h1-5H,7,18H2. The Morgan fingerprint density at radius 2 is 2.10 bits per heavy atom. The summed E-state index contributed by atoms with van der Waals surface area (Å²) in [6.45, 7) is -0.193. The fraction of sp³-hybridized carbons (Fsp3) is 0.0714. The van der Waals surface area contributed by atoms with Crippen molar-refractivity contribution in [2.75, 3.05) is 5.73 Å². The van der Waals surface area contributed by atoms with E-state index in [1.165, 1.54) is 18.3 Å². The molecule has 0 fully saturated rings. The Morgan fingerprint density at radius 1 is 1.33 bits per heavy atom. The molecule has 5 nitrogen and oxygen atoms in total. The Kier molecular flexibility index (Phi) is 4.09. The second-order valence-electron chi connectivity index (χ2n) is 4.09. The first-order valence-electron chi connectivity index (χ1n) is 5.78. The molecule has 0 bridgehead atoms. The molecule has 106 valence electrons. The lowest BCUT2D eigenvalue weighted by Crippen LogP contribution is -2.09. The van der Waals surface area contributed by atoms with Crippen LogP contribution in [-0.2, 0) is 11.3 Å². The van der Waals surface area contributed by atoms with Gasteiger partial charge in [-0.25, -0.2) is 18.6 Å². The molecule has 7 heteroatoms. The number of anilines is 1. The summed E-state index contributed by atoms with van der Waals surface area (Å²) in [5, 5.41) is 8.69. The Hall–Kier alpha value is -3.01. The van der Waals surface area contributed by atoms with Crippen molar-refractivity contribution in [3.8, 4) is 6.07 Å². The number of hydrogen-bond acceptors (Lipinski definition) is 5. The van der Waals surface area contributed by atoms with Crippen LogP contribution in [0.25, 0.3) is 0 Å². The summed E-state index contributed by atoms with van der Waals surface area (Å²) in [7, 11) is 0. The molecule has 0 spiro atoms. The number of nitriles is 1. The maximum absolute atomic E-state index is 13.5. The summed E-state index contributed by atoms with van der Waals surface area (Å²) in [6.07, 6.45) is 1.38. The maximum atomic E-state index is 13.5. The van der Waals surface area contributed by atoms with Crippen molar-refractivity contribution in [1.82, 2.24) is 4.98 Å². The zero-order chi connectivity index (χ0) is 15.4. The van der Waals surface area contributed by atoms with E-state index in [9.17, 15) is 13.6 Å².